The zero-order chi connectivity index (χ0) is 21.1. The Hall–Kier alpha value is -2.59. The summed E-state index contributed by atoms with van der Waals surface area (Å²) in [4.78, 5) is 12.2. The largest absolute Gasteiger partial charge is 0.506 e. The summed E-state index contributed by atoms with van der Waals surface area (Å²) in [5.41, 5.74) is -2.10. The number of alkyl halides is 3. The number of halogens is 3. The van der Waals surface area contributed by atoms with Crippen LogP contribution in [0.25, 0.3) is 0 Å². The number of amides is 1. The predicted octanol–water partition coefficient (Wildman–Crippen LogP) is 3.69. The summed E-state index contributed by atoms with van der Waals surface area (Å²) in [5, 5.41) is 12.1. The standard InChI is InChI=1S/C18H19F3N2O4S/c1-3-23(4-2)28(26,27)12-9-10-16(24)15(11-12)22-17(25)13-7-5-6-8-14(13)18(19,20)21/h5-11,24H,3-4H2,1-2H3,(H,22,25). The molecule has 0 aliphatic heterocycles. The molecule has 0 spiro atoms. The van der Waals surface area contributed by atoms with E-state index in [1.54, 1.807) is 13.8 Å². The number of anilines is 1. The van der Waals surface area contributed by atoms with Gasteiger partial charge in [-0.1, -0.05) is 26.0 Å². The Bertz CT molecular complexity index is 971. The van der Waals surface area contributed by atoms with Crippen molar-refractivity contribution >= 4 is 21.6 Å². The van der Waals surface area contributed by atoms with Crippen LogP contribution in [0.5, 0.6) is 5.75 Å². The van der Waals surface area contributed by atoms with Gasteiger partial charge in [-0.25, -0.2) is 8.42 Å². The Labute approximate surface area is 160 Å². The van der Waals surface area contributed by atoms with Crippen LogP contribution in [0.2, 0.25) is 0 Å². The molecule has 0 saturated carbocycles. The third kappa shape index (κ3) is 4.45. The quantitative estimate of drug-likeness (QED) is 0.703. The van der Waals surface area contributed by atoms with Gasteiger partial charge < -0.3 is 10.4 Å². The van der Waals surface area contributed by atoms with Crippen molar-refractivity contribution in [2.45, 2.75) is 24.9 Å². The summed E-state index contributed by atoms with van der Waals surface area (Å²) in [5.74, 6) is -1.60. The Balaban J connectivity index is 2.42. The van der Waals surface area contributed by atoms with E-state index in [1.165, 1.54) is 10.4 Å². The molecule has 10 heteroatoms. The van der Waals surface area contributed by atoms with Crippen molar-refractivity contribution in [2.24, 2.45) is 0 Å². The summed E-state index contributed by atoms with van der Waals surface area (Å²) >= 11 is 0. The average Bonchev–Trinajstić information content (AvgIpc) is 2.63. The first-order valence-electron chi connectivity index (χ1n) is 8.33. The van der Waals surface area contributed by atoms with Gasteiger partial charge in [-0.3, -0.25) is 4.79 Å². The van der Waals surface area contributed by atoms with E-state index >= 15 is 0 Å². The monoisotopic (exact) mass is 416 g/mol. The number of phenols is 1. The third-order valence-corrected chi connectivity index (χ3v) is 6.08. The van der Waals surface area contributed by atoms with Crippen LogP contribution in [-0.4, -0.2) is 36.8 Å². The number of hydrogen-bond acceptors (Lipinski definition) is 4. The number of sulfonamides is 1. The van der Waals surface area contributed by atoms with Crippen LogP contribution < -0.4 is 5.32 Å². The molecule has 0 heterocycles. The number of phenolic OH excluding ortho intramolecular Hbond substituents is 1. The minimum atomic E-state index is -4.75. The second-order valence-corrected chi connectivity index (χ2v) is 7.70. The Morgan fingerprint density at radius 2 is 1.71 bits per heavy atom. The predicted molar refractivity (Wildman–Crippen MR) is 97.6 cm³/mol. The Morgan fingerprint density at radius 3 is 2.29 bits per heavy atom. The fraction of sp³-hybridized carbons (Fsp3) is 0.278. The molecule has 0 saturated heterocycles. The molecule has 0 aromatic heterocycles. The lowest BCUT2D eigenvalue weighted by molar-refractivity contribution is -0.137. The van der Waals surface area contributed by atoms with Gasteiger partial charge in [0, 0.05) is 13.1 Å². The van der Waals surface area contributed by atoms with Crippen molar-refractivity contribution in [3.05, 3.63) is 53.6 Å². The van der Waals surface area contributed by atoms with Gasteiger partial charge >= 0.3 is 6.18 Å². The molecule has 0 unspecified atom stereocenters. The molecule has 2 rings (SSSR count). The molecule has 2 aromatic rings. The van der Waals surface area contributed by atoms with E-state index in [0.717, 1.165) is 36.4 Å². The van der Waals surface area contributed by atoms with Crippen LogP contribution in [-0.2, 0) is 16.2 Å². The highest BCUT2D eigenvalue weighted by Gasteiger charge is 2.35. The van der Waals surface area contributed by atoms with Crippen LogP contribution >= 0.6 is 0 Å². The number of nitrogens with zero attached hydrogens (tertiary/aromatic N) is 1. The van der Waals surface area contributed by atoms with Crippen molar-refractivity contribution in [1.29, 1.82) is 0 Å². The van der Waals surface area contributed by atoms with E-state index in [9.17, 15) is 31.5 Å². The molecule has 2 aromatic carbocycles. The van der Waals surface area contributed by atoms with Crippen molar-refractivity contribution in [2.75, 3.05) is 18.4 Å². The number of nitrogens with one attached hydrogen (secondary N) is 1. The number of rotatable bonds is 6. The maximum Gasteiger partial charge on any atom is 0.417 e. The molecule has 0 aliphatic carbocycles. The van der Waals surface area contributed by atoms with Crippen LogP contribution in [0, 0.1) is 0 Å². The molecular weight excluding hydrogens is 397 g/mol. The van der Waals surface area contributed by atoms with E-state index in [0.29, 0.717) is 0 Å². The van der Waals surface area contributed by atoms with Gasteiger partial charge in [-0.2, -0.15) is 17.5 Å². The molecule has 2 N–H and O–H groups in total. The first kappa shape index (κ1) is 21.7. The smallest absolute Gasteiger partial charge is 0.417 e. The summed E-state index contributed by atoms with van der Waals surface area (Å²) < 4.78 is 65.6. The maximum atomic E-state index is 13.1. The van der Waals surface area contributed by atoms with Gasteiger partial charge in [0.2, 0.25) is 10.0 Å². The van der Waals surface area contributed by atoms with E-state index in [1.807, 2.05) is 0 Å². The van der Waals surface area contributed by atoms with Crippen molar-refractivity contribution in [3.63, 3.8) is 0 Å². The number of hydrogen-bond donors (Lipinski definition) is 2. The van der Waals surface area contributed by atoms with Crippen LogP contribution in [0.4, 0.5) is 18.9 Å². The van der Waals surface area contributed by atoms with E-state index < -0.39 is 39.0 Å². The fourth-order valence-electron chi connectivity index (χ4n) is 2.61. The second-order valence-electron chi connectivity index (χ2n) is 5.77. The van der Waals surface area contributed by atoms with Gasteiger partial charge in [0.1, 0.15) is 5.75 Å². The number of aromatic hydroxyl groups is 1. The molecule has 1 amide bonds. The molecule has 6 nitrogen and oxygen atoms in total. The SMILES string of the molecule is CCN(CC)S(=O)(=O)c1ccc(O)c(NC(=O)c2ccccc2C(F)(F)F)c1. The van der Waals surface area contributed by atoms with E-state index in [-0.39, 0.29) is 23.7 Å². The van der Waals surface area contributed by atoms with Gasteiger partial charge in [0.05, 0.1) is 21.7 Å². The Morgan fingerprint density at radius 1 is 1.11 bits per heavy atom. The number of benzene rings is 2. The molecule has 0 bridgehead atoms. The lowest BCUT2D eigenvalue weighted by Crippen LogP contribution is -2.30. The van der Waals surface area contributed by atoms with Gasteiger partial charge in [0.15, 0.2) is 0 Å². The number of carbonyl (C=O) groups is 1. The summed E-state index contributed by atoms with van der Waals surface area (Å²) in [6, 6.07) is 7.39. The van der Waals surface area contributed by atoms with E-state index in [4.69, 9.17) is 0 Å². The molecule has 152 valence electrons. The lowest BCUT2D eigenvalue weighted by Gasteiger charge is -2.19. The van der Waals surface area contributed by atoms with Crippen LogP contribution in [0.15, 0.2) is 47.4 Å². The fourth-order valence-corrected chi connectivity index (χ4v) is 4.09. The van der Waals surface area contributed by atoms with Crippen LogP contribution in [0.1, 0.15) is 29.8 Å². The summed E-state index contributed by atoms with van der Waals surface area (Å²) in [6.07, 6.45) is -4.75. The molecule has 0 fully saturated rings. The maximum absolute atomic E-state index is 13.1. The van der Waals surface area contributed by atoms with Crippen LogP contribution in [0.3, 0.4) is 0 Å². The normalized spacial score (nSPS) is 12.2. The van der Waals surface area contributed by atoms with Crippen molar-refractivity contribution in [1.82, 2.24) is 4.31 Å². The highest BCUT2D eigenvalue weighted by Crippen LogP contribution is 2.33. The minimum absolute atomic E-state index is 0.201. The average molecular weight is 416 g/mol. The topological polar surface area (TPSA) is 86.7 Å². The zero-order valence-corrected chi connectivity index (χ0v) is 15.9. The number of carbonyl (C=O) groups excluding carboxylic acids is 1. The van der Waals surface area contributed by atoms with Gasteiger partial charge in [-0.05, 0) is 30.3 Å². The molecule has 0 radical (unpaired) electrons. The van der Waals surface area contributed by atoms with Gasteiger partial charge in [0.25, 0.3) is 5.91 Å². The second kappa shape index (κ2) is 8.19. The summed E-state index contributed by atoms with van der Waals surface area (Å²) in [6.45, 7) is 3.72. The van der Waals surface area contributed by atoms with E-state index in [2.05, 4.69) is 5.32 Å². The van der Waals surface area contributed by atoms with Crippen molar-refractivity contribution < 1.29 is 31.5 Å². The lowest BCUT2D eigenvalue weighted by atomic mass is 10.1. The third-order valence-electron chi connectivity index (χ3n) is 4.04. The minimum Gasteiger partial charge on any atom is -0.506 e. The summed E-state index contributed by atoms with van der Waals surface area (Å²) in [7, 11) is -3.88. The Kier molecular flexibility index (Phi) is 6.35. The zero-order valence-electron chi connectivity index (χ0n) is 15.1. The first-order valence-corrected chi connectivity index (χ1v) is 9.77. The molecule has 0 atom stereocenters. The molecule has 28 heavy (non-hydrogen) atoms. The molecule has 0 aliphatic rings. The molecular formula is C18H19F3N2O4S. The van der Waals surface area contributed by atoms with Crippen molar-refractivity contribution in [3.8, 4) is 5.75 Å². The first-order chi connectivity index (χ1) is 13.0. The highest BCUT2D eigenvalue weighted by molar-refractivity contribution is 7.89. The highest BCUT2D eigenvalue weighted by atomic mass is 32.2. The van der Waals surface area contributed by atoms with Gasteiger partial charge in [-0.15, -0.1) is 0 Å².